The average Bonchev–Trinajstić information content (AvgIpc) is 3.84. The van der Waals surface area contributed by atoms with E-state index in [-0.39, 0.29) is 0 Å². The van der Waals surface area contributed by atoms with Crippen molar-refractivity contribution in [1.82, 2.24) is 9.97 Å². The maximum atomic E-state index is 6.53. The molecule has 3 nitrogen and oxygen atoms in total. The predicted octanol–water partition coefficient (Wildman–Crippen LogP) is 14.9. The zero-order valence-corrected chi connectivity index (χ0v) is 30.8. The topological polar surface area (TPSA) is 38.9 Å². The normalized spacial score (nSPS) is 11.9. The van der Waals surface area contributed by atoms with Crippen molar-refractivity contribution in [1.29, 1.82) is 0 Å². The van der Waals surface area contributed by atoms with Gasteiger partial charge >= 0.3 is 0 Å². The van der Waals surface area contributed by atoms with Crippen LogP contribution in [0.3, 0.4) is 0 Å². The second kappa shape index (κ2) is 12.2. The highest BCUT2D eigenvalue weighted by molar-refractivity contribution is 7.26. The molecule has 12 rings (SSSR count). The Labute approximate surface area is 325 Å². The molecule has 0 spiro atoms. The monoisotopic (exact) mass is 730 g/mol. The molecule has 0 saturated heterocycles. The van der Waals surface area contributed by atoms with Gasteiger partial charge in [0.2, 0.25) is 0 Å². The van der Waals surface area contributed by atoms with Crippen molar-refractivity contribution in [3.8, 4) is 44.9 Å². The molecule has 12 aromatic rings. The highest BCUT2D eigenvalue weighted by atomic mass is 32.1. The maximum Gasteiger partial charge on any atom is 0.161 e. The van der Waals surface area contributed by atoms with E-state index in [0.29, 0.717) is 5.82 Å². The first-order chi connectivity index (χ1) is 27.7. The molecule has 0 amide bonds. The lowest BCUT2D eigenvalue weighted by Gasteiger charge is -2.13. The number of fused-ring (bicyclic) bond motifs is 10. The van der Waals surface area contributed by atoms with Crippen molar-refractivity contribution in [2.24, 2.45) is 0 Å². The molecule has 56 heavy (non-hydrogen) atoms. The molecule has 0 aliphatic heterocycles. The predicted molar refractivity (Wildman–Crippen MR) is 236 cm³/mol. The Hall–Kier alpha value is -7.14. The fraction of sp³-hybridized carbons (Fsp3) is 0. The average molecular weight is 731 g/mol. The quantitative estimate of drug-likeness (QED) is 0.169. The minimum atomic E-state index is 0.687. The van der Waals surface area contributed by atoms with E-state index in [4.69, 9.17) is 14.4 Å². The Morgan fingerprint density at radius 1 is 0.393 bits per heavy atom. The van der Waals surface area contributed by atoms with Gasteiger partial charge < -0.3 is 4.42 Å². The van der Waals surface area contributed by atoms with Gasteiger partial charge in [0.15, 0.2) is 5.82 Å². The van der Waals surface area contributed by atoms with Gasteiger partial charge in [-0.3, -0.25) is 0 Å². The zero-order valence-electron chi connectivity index (χ0n) is 30.0. The largest absolute Gasteiger partial charge is 0.456 e. The molecule has 4 heteroatoms. The standard InChI is InChI=1S/C52H30N2OS/c1-2-11-34-28-35(25-24-31(34)10-1)32-20-22-33(23-21-32)36-26-27-45-44(29-36)48-42(17-9-18-46(48)55-45)52-53-49-41-16-7-8-19-47(41)56-51(49)50(54-52)43-30-37-12-3-4-13-38(37)39-14-5-6-15-40(39)43/h1-30H. The summed E-state index contributed by atoms with van der Waals surface area (Å²) in [6, 6.07) is 65.0. The summed E-state index contributed by atoms with van der Waals surface area (Å²) in [5, 5.41) is 10.5. The maximum absolute atomic E-state index is 6.53. The number of aromatic nitrogens is 2. The van der Waals surface area contributed by atoms with Crippen molar-refractivity contribution in [3.63, 3.8) is 0 Å². The Balaban J connectivity index is 1.05. The molecule has 0 saturated carbocycles. The summed E-state index contributed by atoms with van der Waals surface area (Å²) < 4.78 is 8.82. The number of hydrogen-bond acceptors (Lipinski definition) is 4. The highest BCUT2D eigenvalue weighted by Gasteiger charge is 2.22. The van der Waals surface area contributed by atoms with E-state index in [1.165, 1.54) is 48.1 Å². The van der Waals surface area contributed by atoms with Crippen LogP contribution in [-0.4, -0.2) is 9.97 Å². The second-order valence-corrected chi connectivity index (χ2v) is 15.5. The molecule has 0 atom stereocenters. The van der Waals surface area contributed by atoms with Gasteiger partial charge in [-0.15, -0.1) is 11.3 Å². The molecule has 3 aromatic heterocycles. The van der Waals surface area contributed by atoms with Crippen LogP contribution >= 0.6 is 11.3 Å². The van der Waals surface area contributed by atoms with Gasteiger partial charge in [-0.05, 0) is 91.0 Å². The first-order valence-electron chi connectivity index (χ1n) is 18.9. The fourth-order valence-electron chi connectivity index (χ4n) is 8.56. The molecule has 0 N–H and O–H groups in total. The Morgan fingerprint density at radius 2 is 1.05 bits per heavy atom. The minimum Gasteiger partial charge on any atom is -0.456 e. The summed E-state index contributed by atoms with van der Waals surface area (Å²) in [5.74, 6) is 0.687. The van der Waals surface area contributed by atoms with Gasteiger partial charge in [0.1, 0.15) is 11.2 Å². The zero-order chi connectivity index (χ0) is 36.7. The first-order valence-corrected chi connectivity index (χ1v) is 19.7. The van der Waals surface area contributed by atoms with Crippen LogP contribution < -0.4 is 0 Å². The lowest BCUT2D eigenvalue weighted by Crippen LogP contribution is -1.95. The van der Waals surface area contributed by atoms with Crippen LogP contribution in [0.4, 0.5) is 0 Å². The number of nitrogens with zero attached hydrogens (tertiary/aromatic N) is 2. The van der Waals surface area contributed by atoms with E-state index < -0.39 is 0 Å². The molecular formula is C52H30N2OS. The van der Waals surface area contributed by atoms with Crippen molar-refractivity contribution in [2.45, 2.75) is 0 Å². The van der Waals surface area contributed by atoms with Crippen LogP contribution in [0.15, 0.2) is 186 Å². The third-order valence-corrected chi connectivity index (χ3v) is 12.4. The number of furan rings is 1. The second-order valence-electron chi connectivity index (χ2n) is 14.5. The molecule has 0 fully saturated rings. The van der Waals surface area contributed by atoms with Crippen molar-refractivity contribution < 1.29 is 4.42 Å². The van der Waals surface area contributed by atoms with Crippen molar-refractivity contribution >= 4 is 85.9 Å². The molecule has 0 aliphatic carbocycles. The van der Waals surface area contributed by atoms with E-state index in [1.807, 2.05) is 6.07 Å². The Morgan fingerprint density at radius 3 is 1.89 bits per heavy atom. The highest BCUT2D eigenvalue weighted by Crippen LogP contribution is 2.44. The van der Waals surface area contributed by atoms with Gasteiger partial charge in [0.05, 0.1) is 15.9 Å². The van der Waals surface area contributed by atoms with Crippen LogP contribution in [0.5, 0.6) is 0 Å². The first kappa shape index (κ1) is 31.2. The number of hydrogen-bond donors (Lipinski definition) is 0. The van der Waals surface area contributed by atoms with Gasteiger partial charge in [-0.2, -0.15) is 0 Å². The SMILES string of the molecule is c1ccc2cc(-c3ccc(-c4ccc5oc6cccc(-c7nc(-c8cc9ccccc9c9ccccc89)c8sc9ccccc9c8n7)c6c5c4)cc3)ccc2c1. The van der Waals surface area contributed by atoms with Crippen molar-refractivity contribution in [3.05, 3.63) is 182 Å². The lowest BCUT2D eigenvalue weighted by molar-refractivity contribution is 0.669. The third kappa shape index (κ3) is 4.83. The minimum absolute atomic E-state index is 0.687. The summed E-state index contributed by atoms with van der Waals surface area (Å²) in [6.07, 6.45) is 0. The Kier molecular flexibility index (Phi) is 6.80. The van der Waals surface area contributed by atoms with Crippen LogP contribution in [-0.2, 0) is 0 Å². The summed E-state index contributed by atoms with van der Waals surface area (Å²) >= 11 is 1.76. The molecule has 0 aliphatic rings. The van der Waals surface area contributed by atoms with E-state index in [1.54, 1.807) is 11.3 Å². The van der Waals surface area contributed by atoms with E-state index in [9.17, 15) is 0 Å². The van der Waals surface area contributed by atoms with Crippen LogP contribution in [0.25, 0.3) is 119 Å². The molecule has 0 radical (unpaired) electrons. The number of rotatable bonds is 4. The molecule has 0 bridgehead atoms. The summed E-state index contributed by atoms with van der Waals surface area (Å²) in [6.45, 7) is 0. The van der Waals surface area contributed by atoms with Crippen LogP contribution in [0.1, 0.15) is 0 Å². The molecule has 260 valence electrons. The van der Waals surface area contributed by atoms with Crippen LogP contribution in [0, 0.1) is 0 Å². The third-order valence-electron chi connectivity index (χ3n) is 11.3. The number of benzene rings is 9. The Bertz CT molecular complexity index is 3540. The molecule has 0 unspecified atom stereocenters. The number of thiophene rings is 1. The van der Waals surface area contributed by atoms with E-state index >= 15 is 0 Å². The van der Waals surface area contributed by atoms with Gasteiger partial charge in [-0.25, -0.2) is 9.97 Å². The molecule has 3 heterocycles. The van der Waals surface area contributed by atoms with Gasteiger partial charge in [0, 0.05) is 32.0 Å². The van der Waals surface area contributed by atoms with E-state index in [0.717, 1.165) is 65.5 Å². The van der Waals surface area contributed by atoms with Gasteiger partial charge in [0.25, 0.3) is 0 Å². The molecular weight excluding hydrogens is 701 g/mol. The summed E-state index contributed by atoms with van der Waals surface area (Å²) in [5.41, 5.74) is 10.3. The van der Waals surface area contributed by atoms with Gasteiger partial charge in [-0.1, -0.05) is 146 Å². The summed E-state index contributed by atoms with van der Waals surface area (Å²) in [4.78, 5) is 10.9. The fourth-order valence-corrected chi connectivity index (χ4v) is 9.71. The lowest BCUT2D eigenvalue weighted by atomic mass is 9.95. The summed E-state index contributed by atoms with van der Waals surface area (Å²) in [7, 11) is 0. The smallest absolute Gasteiger partial charge is 0.161 e. The van der Waals surface area contributed by atoms with E-state index in [2.05, 4.69) is 176 Å². The molecule has 9 aromatic carbocycles. The van der Waals surface area contributed by atoms with Crippen molar-refractivity contribution in [2.75, 3.05) is 0 Å². The van der Waals surface area contributed by atoms with Crippen LogP contribution in [0.2, 0.25) is 0 Å².